The number of hydrogen-bond acceptors (Lipinski definition) is 3. The second-order valence-corrected chi connectivity index (χ2v) is 7.13. The van der Waals surface area contributed by atoms with Gasteiger partial charge in [-0.15, -0.1) is 0 Å². The molecule has 0 radical (unpaired) electrons. The quantitative estimate of drug-likeness (QED) is 0.804. The number of thioether (sulfide) groups is 1. The van der Waals surface area contributed by atoms with Gasteiger partial charge in [-0.2, -0.15) is 11.8 Å². The van der Waals surface area contributed by atoms with E-state index in [0.717, 1.165) is 29.7 Å². The second kappa shape index (κ2) is 7.85. The Morgan fingerprint density at radius 2 is 2.14 bits per heavy atom. The predicted octanol–water partition coefficient (Wildman–Crippen LogP) is 3.58. The monoisotopic (exact) mass is 307 g/mol. The highest BCUT2D eigenvalue weighted by atomic mass is 32.2. The molecule has 0 aromatic heterocycles. The number of benzene rings is 1. The Balaban J connectivity index is 2.06. The van der Waals surface area contributed by atoms with E-state index in [-0.39, 0.29) is 5.91 Å². The van der Waals surface area contributed by atoms with Crippen LogP contribution in [-0.2, 0) is 11.3 Å². The summed E-state index contributed by atoms with van der Waals surface area (Å²) in [6.45, 7) is 2.68. The van der Waals surface area contributed by atoms with Crippen molar-refractivity contribution in [2.75, 3.05) is 19.9 Å². The van der Waals surface area contributed by atoms with Crippen molar-refractivity contribution < 1.29 is 9.53 Å². The summed E-state index contributed by atoms with van der Waals surface area (Å²) in [7, 11) is 3.60. The Hall–Kier alpha value is -1.00. The maximum atomic E-state index is 12.8. The van der Waals surface area contributed by atoms with Gasteiger partial charge in [0.15, 0.2) is 0 Å². The number of rotatable bonds is 6. The molecule has 4 heteroatoms. The molecule has 1 fully saturated rings. The Kier molecular flexibility index (Phi) is 6.12. The molecule has 116 valence electrons. The summed E-state index contributed by atoms with van der Waals surface area (Å²) in [5.74, 6) is 1.28. The van der Waals surface area contributed by atoms with Crippen LogP contribution in [0.1, 0.15) is 42.1 Å². The van der Waals surface area contributed by atoms with Crippen LogP contribution in [0.3, 0.4) is 0 Å². The van der Waals surface area contributed by atoms with Gasteiger partial charge < -0.3 is 9.64 Å². The molecule has 2 atom stereocenters. The molecule has 2 rings (SSSR count). The molecule has 0 N–H and O–H groups in total. The molecule has 1 aliphatic rings. The smallest absolute Gasteiger partial charge is 0.254 e. The lowest BCUT2D eigenvalue weighted by Crippen LogP contribution is -2.36. The molecule has 3 nitrogen and oxygen atoms in total. The summed E-state index contributed by atoms with van der Waals surface area (Å²) in [6.07, 6.45) is 3.46. The molecular formula is C17H25NO2S. The largest absolute Gasteiger partial charge is 0.380 e. The summed E-state index contributed by atoms with van der Waals surface area (Å²) in [5.41, 5.74) is 1.74. The minimum Gasteiger partial charge on any atom is -0.380 e. The third kappa shape index (κ3) is 4.01. The van der Waals surface area contributed by atoms with Crippen LogP contribution in [0.15, 0.2) is 24.3 Å². The van der Waals surface area contributed by atoms with Crippen LogP contribution < -0.4 is 0 Å². The lowest BCUT2D eigenvalue weighted by atomic mass is 10.1. The van der Waals surface area contributed by atoms with Crippen molar-refractivity contribution in [1.82, 2.24) is 4.90 Å². The second-order valence-electron chi connectivity index (χ2n) is 5.55. The van der Waals surface area contributed by atoms with E-state index in [2.05, 4.69) is 6.92 Å². The summed E-state index contributed by atoms with van der Waals surface area (Å²) in [4.78, 5) is 14.7. The highest BCUT2D eigenvalue weighted by Gasteiger charge is 2.30. The topological polar surface area (TPSA) is 29.5 Å². The first kappa shape index (κ1) is 16.4. The van der Waals surface area contributed by atoms with Crippen LogP contribution in [0.25, 0.3) is 0 Å². The Morgan fingerprint density at radius 3 is 2.86 bits per heavy atom. The zero-order valence-corrected chi connectivity index (χ0v) is 14.0. The number of nitrogens with zero attached hydrogens (tertiary/aromatic N) is 1. The molecule has 21 heavy (non-hydrogen) atoms. The maximum Gasteiger partial charge on any atom is 0.254 e. The van der Waals surface area contributed by atoms with E-state index in [1.54, 1.807) is 7.11 Å². The van der Waals surface area contributed by atoms with Gasteiger partial charge in [0.25, 0.3) is 5.91 Å². The summed E-state index contributed by atoms with van der Waals surface area (Å²) in [6, 6.07) is 8.12. The predicted molar refractivity (Wildman–Crippen MR) is 88.8 cm³/mol. The maximum absolute atomic E-state index is 12.8. The van der Waals surface area contributed by atoms with Gasteiger partial charge in [-0.1, -0.05) is 25.1 Å². The van der Waals surface area contributed by atoms with Crippen LogP contribution in [-0.4, -0.2) is 42.0 Å². The molecule has 0 bridgehead atoms. The third-order valence-corrected chi connectivity index (χ3v) is 5.41. The Bertz CT molecular complexity index is 478. The van der Waals surface area contributed by atoms with Gasteiger partial charge >= 0.3 is 0 Å². The van der Waals surface area contributed by atoms with Gasteiger partial charge in [-0.3, -0.25) is 4.79 Å². The zero-order chi connectivity index (χ0) is 15.2. The molecular weight excluding hydrogens is 282 g/mol. The Labute approximate surface area is 132 Å². The van der Waals surface area contributed by atoms with E-state index >= 15 is 0 Å². The van der Waals surface area contributed by atoms with Crippen molar-refractivity contribution in [2.24, 2.45) is 0 Å². The van der Waals surface area contributed by atoms with E-state index in [1.807, 2.05) is 48.0 Å². The Morgan fingerprint density at radius 1 is 1.38 bits per heavy atom. The van der Waals surface area contributed by atoms with E-state index in [9.17, 15) is 4.79 Å². The fourth-order valence-corrected chi connectivity index (χ4v) is 4.15. The van der Waals surface area contributed by atoms with Crippen LogP contribution in [0.2, 0.25) is 0 Å². The van der Waals surface area contributed by atoms with E-state index in [4.69, 9.17) is 4.74 Å². The van der Waals surface area contributed by atoms with Crippen LogP contribution in [0, 0.1) is 0 Å². The minimum absolute atomic E-state index is 0.120. The molecule has 0 aliphatic heterocycles. The van der Waals surface area contributed by atoms with Crippen molar-refractivity contribution in [2.45, 2.75) is 44.1 Å². The van der Waals surface area contributed by atoms with Crippen molar-refractivity contribution in [3.05, 3.63) is 35.4 Å². The highest BCUT2D eigenvalue weighted by Crippen LogP contribution is 2.32. The van der Waals surface area contributed by atoms with Crippen LogP contribution in [0.4, 0.5) is 0 Å². The average molecular weight is 307 g/mol. The molecule has 0 saturated heterocycles. The van der Waals surface area contributed by atoms with Crippen molar-refractivity contribution in [3.8, 4) is 0 Å². The number of amides is 1. The van der Waals surface area contributed by atoms with Crippen molar-refractivity contribution >= 4 is 17.7 Å². The fourth-order valence-electron chi connectivity index (χ4n) is 3.02. The summed E-state index contributed by atoms with van der Waals surface area (Å²) >= 11 is 2.02. The van der Waals surface area contributed by atoms with Crippen LogP contribution in [0.5, 0.6) is 0 Å². The lowest BCUT2D eigenvalue weighted by Gasteiger charge is -2.25. The standard InChI is InChI=1S/C17H25NO2S/c1-4-21-15-10-9-14(11-15)18(2)17(19)16-8-6-5-7-13(16)12-20-3/h5-8,14-15H,4,9-12H2,1-3H3. The van der Waals surface area contributed by atoms with Gasteiger partial charge in [-0.05, 0) is 36.6 Å². The summed E-state index contributed by atoms with van der Waals surface area (Å²) < 4.78 is 5.20. The number of ether oxygens (including phenoxy) is 1. The SMILES string of the molecule is CCSC1CCC(N(C)C(=O)c2ccccc2COC)C1. The average Bonchev–Trinajstić information content (AvgIpc) is 2.96. The third-order valence-electron chi connectivity index (χ3n) is 4.17. The molecule has 1 aromatic carbocycles. The first-order valence-corrected chi connectivity index (χ1v) is 8.67. The molecule has 0 heterocycles. The van der Waals surface area contributed by atoms with E-state index in [0.29, 0.717) is 17.9 Å². The zero-order valence-electron chi connectivity index (χ0n) is 13.2. The minimum atomic E-state index is 0.120. The van der Waals surface area contributed by atoms with Gasteiger partial charge in [-0.25, -0.2) is 0 Å². The number of methoxy groups -OCH3 is 1. The molecule has 2 unspecified atom stereocenters. The van der Waals surface area contributed by atoms with Crippen LogP contribution >= 0.6 is 11.8 Å². The first-order chi connectivity index (χ1) is 10.2. The number of carbonyl (C=O) groups is 1. The lowest BCUT2D eigenvalue weighted by molar-refractivity contribution is 0.0730. The van der Waals surface area contributed by atoms with E-state index in [1.165, 1.54) is 6.42 Å². The van der Waals surface area contributed by atoms with Crippen molar-refractivity contribution in [1.29, 1.82) is 0 Å². The van der Waals surface area contributed by atoms with Crippen molar-refractivity contribution in [3.63, 3.8) is 0 Å². The molecule has 1 amide bonds. The first-order valence-electron chi connectivity index (χ1n) is 7.63. The van der Waals surface area contributed by atoms with Gasteiger partial charge in [0.1, 0.15) is 0 Å². The normalized spacial score (nSPS) is 21.5. The molecule has 1 aromatic rings. The highest BCUT2D eigenvalue weighted by molar-refractivity contribution is 7.99. The molecule has 0 spiro atoms. The number of carbonyl (C=O) groups excluding carboxylic acids is 1. The number of hydrogen-bond donors (Lipinski definition) is 0. The van der Waals surface area contributed by atoms with Gasteiger partial charge in [0.2, 0.25) is 0 Å². The molecule has 1 saturated carbocycles. The van der Waals surface area contributed by atoms with Gasteiger partial charge in [0, 0.05) is 31.0 Å². The summed E-state index contributed by atoms with van der Waals surface area (Å²) in [5, 5.41) is 0.712. The van der Waals surface area contributed by atoms with E-state index < -0.39 is 0 Å². The van der Waals surface area contributed by atoms with Gasteiger partial charge in [0.05, 0.1) is 6.61 Å². The fraction of sp³-hybridized carbons (Fsp3) is 0.588. The molecule has 1 aliphatic carbocycles.